The van der Waals surface area contributed by atoms with Gasteiger partial charge in [-0.15, -0.1) is 10.2 Å². The number of hydrogen-bond donors (Lipinski definition) is 0. The van der Waals surface area contributed by atoms with Gasteiger partial charge in [-0.1, -0.05) is 12.1 Å². The molecule has 0 radical (unpaired) electrons. The molecule has 8 heteroatoms. The lowest BCUT2D eigenvalue weighted by Gasteiger charge is -2.33. The van der Waals surface area contributed by atoms with Crippen LogP contribution >= 0.6 is 0 Å². The fourth-order valence-electron chi connectivity index (χ4n) is 4.33. The molecular formula is C19H28N6O2. The first-order chi connectivity index (χ1) is 13.1. The Morgan fingerprint density at radius 1 is 1.15 bits per heavy atom. The van der Waals surface area contributed by atoms with E-state index in [0.717, 1.165) is 44.1 Å². The summed E-state index contributed by atoms with van der Waals surface area (Å²) in [7, 11) is 0. The van der Waals surface area contributed by atoms with Crippen LogP contribution in [-0.4, -0.2) is 61.8 Å². The summed E-state index contributed by atoms with van der Waals surface area (Å²) in [6.07, 6.45) is 3.49. The molecule has 8 nitrogen and oxygen atoms in total. The summed E-state index contributed by atoms with van der Waals surface area (Å²) in [5.41, 5.74) is 1.22. The number of fused-ring (bicyclic) bond motifs is 1. The first-order valence-corrected chi connectivity index (χ1v) is 9.95. The number of nitrogens with zero attached hydrogens (tertiary/aromatic N) is 6. The molecule has 1 amide bonds. The summed E-state index contributed by atoms with van der Waals surface area (Å²) < 4.78 is 7.38. The second-order valence-corrected chi connectivity index (χ2v) is 7.67. The molecule has 4 heterocycles. The van der Waals surface area contributed by atoms with Crippen LogP contribution in [0.4, 0.5) is 0 Å². The van der Waals surface area contributed by atoms with Gasteiger partial charge in [0.15, 0.2) is 5.82 Å². The molecule has 146 valence electrons. The van der Waals surface area contributed by atoms with Crippen molar-refractivity contribution >= 4 is 5.91 Å². The molecule has 2 aliphatic heterocycles. The molecule has 0 atom stereocenters. The molecule has 4 rings (SSSR count). The van der Waals surface area contributed by atoms with Gasteiger partial charge in [0.05, 0.1) is 12.2 Å². The number of aromatic nitrogens is 4. The van der Waals surface area contributed by atoms with Gasteiger partial charge in [0.1, 0.15) is 17.1 Å². The normalized spacial score (nSPS) is 18.7. The third kappa shape index (κ3) is 3.38. The average molecular weight is 372 g/mol. The second-order valence-electron chi connectivity index (χ2n) is 7.67. The Morgan fingerprint density at radius 2 is 1.93 bits per heavy atom. The van der Waals surface area contributed by atoms with Gasteiger partial charge in [0.25, 0.3) is 5.91 Å². The lowest BCUT2D eigenvalue weighted by Crippen LogP contribution is -2.40. The van der Waals surface area contributed by atoms with Crippen molar-refractivity contribution in [1.82, 2.24) is 29.7 Å². The van der Waals surface area contributed by atoms with E-state index in [2.05, 4.69) is 31.7 Å². The lowest BCUT2D eigenvalue weighted by molar-refractivity contribution is 0.0703. The Morgan fingerprint density at radius 3 is 2.59 bits per heavy atom. The van der Waals surface area contributed by atoms with Gasteiger partial charge in [-0.05, 0) is 52.7 Å². The highest BCUT2D eigenvalue weighted by Gasteiger charge is 2.31. The Balaban J connectivity index is 1.46. The predicted octanol–water partition coefficient (Wildman–Crippen LogP) is 2.13. The van der Waals surface area contributed by atoms with Crippen molar-refractivity contribution in [2.75, 3.05) is 26.2 Å². The third-order valence-corrected chi connectivity index (χ3v) is 5.81. The van der Waals surface area contributed by atoms with Crippen LogP contribution in [0.1, 0.15) is 65.6 Å². The Kier molecular flexibility index (Phi) is 4.99. The summed E-state index contributed by atoms with van der Waals surface area (Å²) in [6, 6.07) is 0. The second kappa shape index (κ2) is 7.42. The molecule has 0 unspecified atom stereocenters. The van der Waals surface area contributed by atoms with E-state index in [1.165, 1.54) is 13.0 Å². The number of aryl methyl sites for hydroxylation is 2. The van der Waals surface area contributed by atoms with Gasteiger partial charge in [-0.25, -0.2) is 0 Å². The molecular weight excluding hydrogens is 344 g/mol. The first-order valence-electron chi connectivity index (χ1n) is 9.95. The highest BCUT2D eigenvalue weighted by atomic mass is 16.5. The molecule has 0 N–H and O–H groups in total. The van der Waals surface area contributed by atoms with Gasteiger partial charge in [0, 0.05) is 19.0 Å². The number of likely N-dealkylation sites (tertiary alicyclic amines) is 1. The zero-order valence-corrected chi connectivity index (χ0v) is 16.4. The minimum Gasteiger partial charge on any atom is -0.361 e. The summed E-state index contributed by atoms with van der Waals surface area (Å²) in [6.45, 7) is 11.2. The summed E-state index contributed by atoms with van der Waals surface area (Å²) in [4.78, 5) is 17.2. The number of hydrogen-bond acceptors (Lipinski definition) is 6. The molecule has 27 heavy (non-hydrogen) atoms. The largest absolute Gasteiger partial charge is 0.361 e. The molecule has 2 aliphatic rings. The van der Waals surface area contributed by atoms with Crippen molar-refractivity contribution in [3.05, 3.63) is 28.7 Å². The fraction of sp³-hybridized carbons (Fsp3) is 0.684. The molecule has 1 saturated heterocycles. The first kappa shape index (κ1) is 18.2. The zero-order valence-electron chi connectivity index (χ0n) is 16.4. The van der Waals surface area contributed by atoms with Gasteiger partial charge < -0.3 is 18.9 Å². The molecule has 1 fully saturated rings. The lowest BCUT2D eigenvalue weighted by atomic mass is 9.95. The molecule has 0 aromatic carbocycles. The smallest absolute Gasteiger partial charge is 0.259 e. The number of amides is 1. The van der Waals surface area contributed by atoms with Crippen molar-refractivity contribution in [2.24, 2.45) is 0 Å². The molecule has 0 aliphatic carbocycles. The van der Waals surface area contributed by atoms with E-state index in [4.69, 9.17) is 4.52 Å². The van der Waals surface area contributed by atoms with E-state index in [1.807, 2.05) is 4.90 Å². The van der Waals surface area contributed by atoms with Crippen LogP contribution < -0.4 is 0 Å². The van der Waals surface area contributed by atoms with Gasteiger partial charge in [-0.3, -0.25) is 4.79 Å². The maximum Gasteiger partial charge on any atom is 0.259 e. The van der Waals surface area contributed by atoms with Crippen LogP contribution in [0, 0.1) is 13.8 Å². The van der Waals surface area contributed by atoms with Crippen molar-refractivity contribution in [2.45, 2.75) is 59.0 Å². The third-order valence-electron chi connectivity index (χ3n) is 5.81. The molecule has 2 aromatic heterocycles. The van der Waals surface area contributed by atoms with Gasteiger partial charge in [0.2, 0.25) is 0 Å². The van der Waals surface area contributed by atoms with Crippen LogP contribution in [-0.2, 0) is 13.1 Å². The number of piperidine rings is 1. The highest BCUT2D eigenvalue weighted by molar-refractivity contribution is 5.96. The van der Waals surface area contributed by atoms with Gasteiger partial charge in [-0.2, -0.15) is 0 Å². The van der Waals surface area contributed by atoms with E-state index >= 15 is 0 Å². The average Bonchev–Trinajstić information content (AvgIpc) is 3.25. The van der Waals surface area contributed by atoms with Crippen molar-refractivity contribution in [3.63, 3.8) is 0 Å². The number of rotatable bonds is 4. The van der Waals surface area contributed by atoms with Crippen molar-refractivity contribution in [3.8, 4) is 0 Å². The molecule has 0 bridgehead atoms. The van der Waals surface area contributed by atoms with Crippen LogP contribution in [0.3, 0.4) is 0 Å². The summed E-state index contributed by atoms with van der Waals surface area (Å²) in [5.74, 6) is 3.00. The van der Waals surface area contributed by atoms with Gasteiger partial charge >= 0.3 is 0 Å². The monoisotopic (exact) mass is 372 g/mol. The maximum absolute atomic E-state index is 12.9. The van der Waals surface area contributed by atoms with Crippen molar-refractivity contribution < 1.29 is 9.32 Å². The Hall–Kier alpha value is -2.22. The fourth-order valence-corrected chi connectivity index (χ4v) is 4.33. The molecule has 2 aromatic rings. The minimum absolute atomic E-state index is 0.0325. The number of carbonyl (C=O) groups is 1. The molecule has 0 saturated carbocycles. The van der Waals surface area contributed by atoms with E-state index in [0.29, 0.717) is 36.0 Å². The maximum atomic E-state index is 12.9. The van der Waals surface area contributed by atoms with E-state index in [1.54, 1.807) is 13.8 Å². The zero-order chi connectivity index (χ0) is 19.0. The summed E-state index contributed by atoms with van der Waals surface area (Å²) >= 11 is 0. The van der Waals surface area contributed by atoms with E-state index < -0.39 is 0 Å². The van der Waals surface area contributed by atoms with Crippen molar-refractivity contribution in [1.29, 1.82) is 0 Å². The molecule has 0 spiro atoms. The van der Waals surface area contributed by atoms with Crippen LogP contribution in [0.15, 0.2) is 4.52 Å². The highest BCUT2D eigenvalue weighted by Crippen LogP contribution is 2.29. The number of carbonyl (C=O) groups excluding carboxylic acids is 1. The SMILES string of the molecule is CCCN1CCC(c2nnc3n2CCN(C(=O)c2c(C)noc2C)C3)CC1. The Labute approximate surface area is 159 Å². The van der Waals surface area contributed by atoms with Crippen LogP contribution in [0.5, 0.6) is 0 Å². The minimum atomic E-state index is -0.0325. The predicted molar refractivity (Wildman–Crippen MR) is 99.4 cm³/mol. The van der Waals surface area contributed by atoms with Crippen LogP contribution in [0.2, 0.25) is 0 Å². The Bertz CT molecular complexity index is 799. The van der Waals surface area contributed by atoms with E-state index in [9.17, 15) is 4.79 Å². The summed E-state index contributed by atoms with van der Waals surface area (Å²) in [5, 5.41) is 12.8. The van der Waals surface area contributed by atoms with E-state index in [-0.39, 0.29) is 5.91 Å². The quantitative estimate of drug-likeness (QED) is 0.818. The topological polar surface area (TPSA) is 80.3 Å². The standard InChI is InChI=1S/C19H28N6O2/c1-4-7-23-8-5-15(6-9-23)18-21-20-16-12-24(10-11-25(16)18)19(26)17-13(2)22-27-14(17)3/h15H,4-12H2,1-3H3. The van der Waals surface area contributed by atoms with Crippen LogP contribution in [0.25, 0.3) is 0 Å².